The Labute approximate surface area is 218 Å². The van der Waals surface area contributed by atoms with E-state index in [1.165, 1.54) is 11.3 Å². The summed E-state index contributed by atoms with van der Waals surface area (Å²) in [6, 6.07) is 3.29. The second-order valence-corrected chi connectivity index (χ2v) is 18.0. The summed E-state index contributed by atoms with van der Waals surface area (Å²) in [6.07, 6.45) is 5.48. The molecule has 0 spiro atoms. The molecule has 3 aromatic rings. The van der Waals surface area contributed by atoms with E-state index in [0.29, 0.717) is 19.8 Å². The number of aromatic nitrogens is 4. The molecular weight excluding hydrogens is 492 g/mol. The molecule has 196 valence electrons. The first kappa shape index (κ1) is 26.6. The van der Waals surface area contributed by atoms with Gasteiger partial charge in [0, 0.05) is 51.6 Å². The van der Waals surface area contributed by atoms with Gasteiger partial charge in [-0.2, -0.15) is 0 Å². The molecule has 4 rings (SSSR count). The first-order valence-electron chi connectivity index (χ1n) is 12.6. The molecule has 1 aliphatic heterocycles. The molecule has 1 amide bonds. The number of piperidine rings is 1. The minimum Gasteiger partial charge on any atom is -0.444 e. The Bertz CT molecular complexity index is 1170. The first-order chi connectivity index (χ1) is 17.0. The number of carbonyl (C=O) groups is 1. The summed E-state index contributed by atoms with van der Waals surface area (Å²) in [5, 5.41) is 13.9. The molecule has 4 heterocycles. The van der Waals surface area contributed by atoms with Gasteiger partial charge in [0.1, 0.15) is 23.5 Å². The highest BCUT2D eigenvalue weighted by Crippen LogP contribution is 2.36. The number of hydrogen-bond donors (Lipinski definition) is 1. The zero-order chi connectivity index (χ0) is 25.9. The molecule has 1 atom stereocenters. The molecule has 1 unspecified atom stereocenters. The van der Waals surface area contributed by atoms with Crippen LogP contribution in [0.15, 0.2) is 24.0 Å². The van der Waals surface area contributed by atoms with Crippen molar-refractivity contribution >= 4 is 42.2 Å². The third-order valence-corrected chi connectivity index (χ3v) is 8.46. The van der Waals surface area contributed by atoms with Crippen LogP contribution in [-0.4, -0.2) is 70.2 Å². The van der Waals surface area contributed by atoms with Gasteiger partial charge in [0.15, 0.2) is 5.01 Å². The molecule has 3 aromatic heterocycles. The molecular formula is C25H38N6O3SSi. The molecule has 36 heavy (non-hydrogen) atoms. The predicted molar refractivity (Wildman–Crippen MR) is 147 cm³/mol. The zero-order valence-corrected chi connectivity index (χ0v) is 24.0. The lowest BCUT2D eigenvalue weighted by atomic mass is 10.0. The second-order valence-electron chi connectivity index (χ2n) is 11.6. The number of amides is 1. The summed E-state index contributed by atoms with van der Waals surface area (Å²) in [6.45, 7) is 15.2. The van der Waals surface area contributed by atoms with Crippen LogP contribution in [0, 0.1) is 0 Å². The Balaban J connectivity index is 1.56. The predicted octanol–water partition coefficient (Wildman–Crippen LogP) is 5.68. The number of ether oxygens (including phenoxy) is 2. The van der Waals surface area contributed by atoms with E-state index in [1.54, 1.807) is 10.4 Å². The Kier molecular flexibility index (Phi) is 8.01. The van der Waals surface area contributed by atoms with E-state index in [1.807, 2.05) is 37.7 Å². The normalized spacial score (nSPS) is 16.9. The van der Waals surface area contributed by atoms with Crippen LogP contribution in [0.3, 0.4) is 0 Å². The van der Waals surface area contributed by atoms with Gasteiger partial charge in [0.05, 0.1) is 11.3 Å². The van der Waals surface area contributed by atoms with Crippen LogP contribution in [0.25, 0.3) is 21.6 Å². The van der Waals surface area contributed by atoms with Crippen molar-refractivity contribution in [1.29, 1.82) is 0 Å². The van der Waals surface area contributed by atoms with Crippen LogP contribution in [0.2, 0.25) is 25.7 Å². The third kappa shape index (κ3) is 6.83. The van der Waals surface area contributed by atoms with Crippen molar-refractivity contribution in [2.45, 2.75) is 77.7 Å². The minimum absolute atomic E-state index is 0.0832. The minimum atomic E-state index is -1.14. The van der Waals surface area contributed by atoms with Gasteiger partial charge in [-0.05, 0) is 45.7 Å². The van der Waals surface area contributed by atoms with Crippen LogP contribution in [0.1, 0.15) is 33.6 Å². The molecule has 0 saturated carbocycles. The summed E-state index contributed by atoms with van der Waals surface area (Å²) in [5.74, 6) is 0. The van der Waals surface area contributed by atoms with Crippen molar-refractivity contribution in [3.8, 4) is 10.6 Å². The fourth-order valence-electron chi connectivity index (χ4n) is 4.18. The largest absolute Gasteiger partial charge is 0.444 e. The van der Waals surface area contributed by atoms with Gasteiger partial charge in [-0.25, -0.2) is 9.78 Å². The Hall–Kier alpha value is -2.50. The van der Waals surface area contributed by atoms with Gasteiger partial charge in [0.2, 0.25) is 0 Å². The van der Waals surface area contributed by atoms with Gasteiger partial charge in [-0.1, -0.05) is 31.0 Å². The number of likely N-dealkylation sites (tertiary alicyclic amines) is 1. The average Bonchev–Trinajstić information content (AvgIpc) is 3.46. The maximum Gasteiger partial charge on any atom is 0.410 e. The molecule has 1 fully saturated rings. The van der Waals surface area contributed by atoms with E-state index in [0.717, 1.165) is 52.8 Å². The molecule has 0 radical (unpaired) electrons. The SMILES string of the molecule is CC(C)(C)OC(=O)N1CCCC(Nc2c(-c3nncs3)cnc3c2ccn3COCC[Si](C)(C)C)C1. The lowest BCUT2D eigenvalue weighted by Crippen LogP contribution is -2.47. The van der Waals surface area contributed by atoms with E-state index in [2.05, 4.69) is 41.2 Å². The Morgan fingerprint density at radius 1 is 1.31 bits per heavy atom. The highest BCUT2D eigenvalue weighted by molar-refractivity contribution is 7.12. The second kappa shape index (κ2) is 10.9. The maximum absolute atomic E-state index is 12.7. The Morgan fingerprint density at radius 3 is 2.81 bits per heavy atom. The number of fused-ring (bicyclic) bond motifs is 1. The zero-order valence-electron chi connectivity index (χ0n) is 22.2. The number of nitrogens with zero attached hydrogens (tertiary/aromatic N) is 5. The van der Waals surface area contributed by atoms with Crippen molar-refractivity contribution in [2.75, 3.05) is 25.0 Å². The fraction of sp³-hybridized carbons (Fsp3) is 0.600. The van der Waals surface area contributed by atoms with Crippen molar-refractivity contribution in [3.05, 3.63) is 24.0 Å². The van der Waals surface area contributed by atoms with E-state index < -0.39 is 13.7 Å². The monoisotopic (exact) mass is 530 g/mol. The lowest BCUT2D eigenvalue weighted by Gasteiger charge is -2.35. The first-order valence-corrected chi connectivity index (χ1v) is 17.2. The molecule has 1 saturated heterocycles. The molecule has 1 N–H and O–H groups in total. The topological polar surface area (TPSA) is 94.4 Å². The smallest absolute Gasteiger partial charge is 0.410 e. The molecule has 9 nitrogen and oxygen atoms in total. The maximum atomic E-state index is 12.7. The summed E-state index contributed by atoms with van der Waals surface area (Å²) >= 11 is 1.48. The van der Waals surface area contributed by atoms with E-state index in [-0.39, 0.29) is 12.1 Å². The summed E-state index contributed by atoms with van der Waals surface area (Å²) in [7, 11) is -1.14. The molecule has 11 heteroatoms. The van der Waals surface area contributed by atoms with E-state index >= 15 is 0 Å². The molecule has 0 aromatic carbocycles. The van der Waals surface area contributed by atoms with E-state index in [4.69, 9.17) is 14.5 Å². The number of rotatable bonds is 8. The number of pyridine rings is 1. The summed E-state index contributed by atoms with van der Waals surface area (Å²) < 4.78 is 13.7. The average molecular weight is 531 g/mol. The number of carbonyl (C=O) groups excluding carboxylic acids is 1. The van der Waals surface area contributed by atoms with Crippen LogP contribution in [0.5, 0.6) is 0 Å². The van der Waals surface area contributed by atoms with Crippen LogP contribution < -0.4 is 5.32 Å². The quantitative estimate of drug-likeness (QED) is 0.296. The van der Waals surface area contributed by atoms with Gasteiger partial charge in [-0.15, -0.1) is 10.2 Å². The van der Waals surface area contributed by atoms with Gasteiger partial charge in [-0.3, -0.25) is 0 Å². The third-order valence-electron chi connectivity index (χ3n) is 6.03. The van der Waals surface area contributed by atoms with Crippen molar-refractivity contribution in [3.63, 3.8) is 0 Å². The van der Waals surface area contributed by atoms with Gasteiger partial charge >= 0.3 is 6.09 Å². The van der Waals surface area contributed by atoms with Gasteiger partial charge in [0.25, 0.3) is 0 Å². The van der Waals surface area contributed by atoms with Crippen LogP contribution in [-0.2, 0) is 16.2 Å². The van der Waals surface area contributed by atoms with Crippen molar-refractivity contribution in [1.82, 2.24) is 24.6 Å². The van der Waals surface area contributed by atoms with Crippen molar-refractivity contribution < 1.29 is 14.3 Å². The summed E-state index contributed by atoms with van der Waals surface area (Å²) in [4.78, 5) is 19.3. The van der Waals surface area contributed by atoms with Crippen LogP contribution >= 0.6 is 11.3 Å². The molecule has 1 aliphatic rings. The van der Waals surface area contributed by atoms with Crippen LogP contribution in [0.4, 0.5) is 10.5 Å². The molecule has 0 aliphatic carbocycles. The number of nitrogens with one attached hydrogen (secondary N) is 1. The van der Waals surface area contributed by atoms with Crippen molar-refractivity contribution in [2.24, 2.45) is 0 Å². The standard InChI is InChI=1S/C25H38N6O3SSi/c1-25(2,3)34-24(32)30-10-7-8-18(15-30)28-21-19-9-11-31(17-33-12-13-36(4,5)6)22(19)26-14-20(21)23-29-27-16-35-23/h9,11,14,16,18H,7-8,10,12-13,15,17H2,1-6H3,(H,26,28). The lowest BCUT2D eigenvalue weighted by molar-refractivity contribution is 0.0206. The number of anilines is 1. The number of hydrogen-bond acceptors (Lipinski definition) is 8. The fourth-order valence-corrected chi connectivity index (χ4v) is 5.51. The highest BCUT2D eigenvalue weighted by atomic mass is 32.1. The van der Waals surface area contributed by atoms with Gasteiger partial charge < -0.3 is 24.3 Å². The van der Waals surface area contributed by atoms with E-state index in [9.17, 15) is 4.79 Å². The molecule has 0 bridgehead atoms. The summed E-state index contributed by atoms with van der Waals surface area (Å²) in [5.41, 5.74) is 3.95. The highest BCUT2D eigenvalue weighted by Gasteiger charge is 2.29. The Morgan fingerprint density at radius 2 is 2.11 bits per heavy atom.